The van der Waals surface area contributed by atoms with Gasteiger partial charge in [0.05, 0.1) is 6.17 Å². The summed E-state index contributed by atoms with van der Waals surface area (Å²) in [6.07, 6.45) is 1.78. The summed E-state index contributed by atoms with van der Waals surface area (Å²) >= 11 is 0. The Morgan fingerprint density at radius 1 is 1.00 bits per heavy atom. The van der Waals surface area contributed by atoms with E-state index in [1.54, 1.807) is 36.4 Å². The maximum absolute atomic E-state index is 12.5. The lowest BCUT2D eigenvalue weighted by Crippen LogP contribution is -2.67. The lowest BCUT2D eigenvalue weighted by Gasteiger charge is -2.37. The van der Waals surface area contributed by atoms with E-state index in [1.165, 1.54) is 0 Å². The third kappa shape index (κ3) is 7.42. The van der Waals surface area contributed by atoms with Gasteiger partial charge in [-0.05, 0) is 71.2 Å². The molecule has 1 aliphatic heterocycles. The first-order valence-electron chi connectivity index (χ1n) is 11.1. The van der Waals surface area contributed by atoms with E-state index in [2.05, 4.69) is 52.5 Å². The maximum Gasteiger partial charge on any atom is 0.321 e. The molecule has 0 spiro atoms. The summed E-state index contributed by atoms with van der Waals surface area (Å²) in [4.78, 5) is 27.1. The summed E-state index contributed by atoms with van der Waals surface area (Å²) in [5.74, 6) is -0.0460. The van der Waals surface area contributed by atoms with E-state index >= 15 is 0 Å². The molecule has 5 N–H and O–H groups in total. The van der Waals surface area contributed by atoms with Gasteiger partial charge in [-0.1, -0.05) is 30.3 Å². The Bertz CT molecular complexity index is 872. The highest BCUT2D eigenvalue weighted by Gasteiger charge is 2.25. The molecule has 3 unspecified atom stereocenters. The molecule has 0 saturated carbocycles. The van der Waals surface area contributed by atoms with Crippen LogP contribution in [-0.2, 0) is 0 Å². The minimum absolute atomic E-state index is 0.0460. The Labute approximate surface area is 190 Å². The molecule has 0 aliphatic carbocycles. The van der Waals surface area contributed by atoms with Gasteiger partial charge in [-0.15, -0.1) is 0 Å². The number of carbonyl (C=O) groups excluding carboxylic acids is 2. The first-order chi connectivity index (χ1) is 15.4. The zero-order chi connectivity index (χ0) is 22.9. The van der Waals surface area contributed by atoms with Gasteiger partial charge in [-0.25, -0.2) is 4.79 Å². The minimum Gasteiger partial charge on any atom is -0.310 e. The quantitative estimate of drug-likeness (QED) is 0.304. The van der Waals surface area contributed by atoms with Crippen molar-refractivity contribution in [3.63, 3.8) is 0 Å². The second-order valence-corrected chi connectivity index (χ2v) is 8.44. The monoisotopic (exact) mass is 438 g/mol. The topological polar surface area (TPSA) is 97.5 Å². The van der Waals surface area contributed by atoms with Crippen molar-refractivity contribution in [1.29, 1.82) is 0 Å². The van der Waals surface area contributed by atoms with E-state index in [1.807, 2.05) is 18.2 Å². The number of benzene rings is 2. The van der Waals surface area contributed by atoms with Gasteiger partial charge < -0.3 is 20.9 Å². The van der Waals surface area contributed by atoms with E-state index in [-0.39, 0.29) is 30.3 Å². The zero-order valence-corrected chi connectivity index (χ0v) is 19.0. The molecule has 3 rings (SSSR count). The highest BCUT2D eigenvalue weighted by Crippen LogP contribution is 2.14. The summed E-state index contributed by atoms with van der Waals surface area (Å²) in [6.45, 7) is 4.05. The molecule has 1 saturated heterocycles. The summed E-state index contributed by atoms with van der Waals surface area (Å²) in [6, 6.07) is 16.0. The zero-order valence-electron chi connectivity index (χ0n) is 19.0. The summed E-state index contributed by atoms with van der Waals surface area (Å²) < 4.78 is 0. The van der Waals surface area contributed by atoms with Gasteiger partial charge in [0, 0.05) is 22.9 Å². The van der Waals surface area contributed by atoms with Crippen LogP contribution in [0.5, 0.6) is 0 Å². The number of nitrogens with one attached hydrogen (secondary N) is 5. The molecule has 2 amide bonds. The molecular formula is C24H34N6O2. The molecule has 1 fully saturated rings. The van der Waals surface area contributed by atoms with Crippen molar-refractivity contribution in [3.05, 3.63) is 65.7 Å². The van der Waals surface area contributed by atoms with Crippen molar-refractivity contribution in [2.75, 3.05) is 32.5 Å². The number of urea groups is 1. The third-order valence-corrected chi connectivity index (χ3v) is 5.30. The smallest absolute Gasteiger partial charge is 0.310 e. The summed E-state index contributed by atoms with van der Waals surface area (Å²) in [7, 11) is 4.14. The number of amides is 2. The number of rotatable bonds is 9. The van der Waals surface area contributed by atoms with Gasteiger partial charge in [0.15, 0.2) is 5.78 Å². The molecule has 2 aromatic rings. The number of nitrogens with zero attached hydrogens (tertiary/aromatic N) is 1. The number of hydrogen-bond donors (Lipinski definition) is 5. The molecule has 172 valence electrons. The van der Waals surface area contributed by atoms with E-state index < -0.39 is 0 Å². The number of hydrogen-bond acceptors (Lipinski definition) is 6. The van der Waals surface area contributed by atoms with Gasteiger partial charge in [-0.2, -0.15) is 0 Å². The van der Waals surface area contributed by atoms with E-state index in [9.17, 15) is 9.59 Å². The fraction of sp³-hybridized carbons (Fsp3) is 0.417. The predicted octanol–water partition coefficient (Wildman–Crippen LogP) is 2.16. The van der Waals surface area contributed by atoms with Crippen molar-refractivity contribution in [2.45, 2.75) is 38.3 Å². The Balaban J connectivity index is 1.47. The average Bonchev–Trinajstić information content (AvgIpc) is 2.77. The molecular weight excluding hydrogens is 404 g/mol. The largest absolute Gasteiger partial charge is 0.321 e. The molecule has 2 aromatic carbocycles. The molecule has 1 heterocycles. The van der Waals surface area contributed by atoms with Gasteiger partial charge in [0.1, 0.15) is 6.29 Å². The van der Waals surface area contributed by atoms with Gasteiger partial charge in [0.25, 0.3) is 0 Å². The normalized spacial score (nSPS) is 20.7. The predicted molar refractivity (Wildman–Crippen MR) is 128 cm³/mol. The van der Waals surface area contributed by atoms with Crippen LogP contribution in [-0.4, -0.2) is 62.4 Å². The Morgan fingerprint density at radius 3 is 2.38 bits per heavy atom. The van der Waals surface area contributed by atoms with Crippen LogP contribution in [0.15, 0.2) is 54.6 Å². The fourth-order valence-electron chi connectivity index (χ4n) is 3.68. The second kappa shape index (κ2) is 11.7. The number of anilines is 1. The van der Waals surface area contributed by atoms with Crippen LogP contribution in [0.3, 0.4) is 0 Å². The van der Waals surface area contributed by atoms with Crippen LogP contribution in [0.25, 0.3) is 0 Å². The highest BCUT2D eigenvalue weighted by atomic mass is 16.2. The number of ketones is 1. The van der Waals surface area contributed by atoms with Crippen molar-refractivity contribution in [1.82, 2.24) is 26.2 Å². The van der Waals surface area contributed by atoms with E-state index in [0.29, 0.717) is 16.8 Å². The second-order valence-electron chi connectivity index (χ2n) is 8.44. The standard InChI is InChI=1S/C24H34N6O2/c1-17-16-21(25-14-7-15-30(2)3)28-23(26-17)29-24(32)27-20-12-10-19(11-13-20)22(31)18-8-5-4-6-9-18/h4-6,8-13,17,21,23,25-26,28H,7,14-16H2,1-3H3,(H2,27,29,32). The molecule has 32 heavy (non-hydrogen) atoms. The molecule has 3 atom stereocenters. The SMILES string of the molecule is CC1CC(NCCCN(C)C)NC(NC(=O)Nc2ccc(C(=O)c3ccccc3)cc2)N1. The van der Waals surface area contributed by atoms with Gasteiger partial charge >= 0.3 is 6.03 Å². The fourth-order valence-corrected chi connectivity index (χ4v) is 3.68. The van der Waals surface area contributed by atoms with Crippen LogP contribution in [0.4, 0.5) is 10.5 Å². The molecule has 0 bridgehead atoms. The van der Waals surface area contributed by atoms with Gasteiger partial charge in [-0.3, -0.25) is 15.4 Å². The minimum atomic E-state index is -0.343. The third-order valence-electron chi connectivity index (χ3n) is 5.30. The first-order valence-corrected chi connectivity index (χ1v) is 11.1. The lowest BCUT2D eigenvalue weighted by molar-refractivity contribution is 0.103. The average molecular weight is 439 g/mol. The number of carbonyl (C=O) groups is 2. The molecule has 1 aliphatic rings. The van der Waals surface area contributed by atoms with Crippen LogP contribution in [0.2, 0.25) is 0 Å². The maximum atomic E-state index is 12.5. The lowest BCUT2D eigenvalue weighted by atomic mass is 10.0. The first kappa shape index (κ1) is 23.9. The summed E-state index contributed by atoms with van der Waals surface area (Å²) in [5.41, 5.74) is 1.84. The molecule has 8 heteroatoms. The Hall–Kier alpha value is -2.78. The van der Waals surface area contributed by atoms with Crippen LogP contribution in [0, 0.1) is 0 Å². The van der Waals surface area contributed by atoms with Crippen LogP contribution >= 0.6 is 0 Å². The highest BCUT2D eigenvalue weighted by molar-refractivity contribution is 6.09. The van der Waals surface area contributed by atoms with Crippen molar-refractivity contribution < 1.29 is 9.59 Å². The van der Waals surface area contributed by atoms with Crippen molar-refractivity contribution in [3.8, 4) is 0 Å². The Kier molecular flexibility index (Phi) is 8.75. The Morgan fingerprint density at radius 2 is 1.69 bits per heavy atom. The van der Waals surface area contributed by atoms with Crippen molar-refractivity contribution >= 4 is 17.5 Å². The van der Waals surface area contributed by atoms with Crippen molar-refractivity contribution in [2.24, 2.45) is 0 Å². The van der Waals surface area contributed by atoms with E-state index in [4.69, 9.17) is 0 Å². The summed E-state index contributed by atoms with van der Waals surface area (Å²) in [5, 5.41) is 16.0. The molecule has 8 nitrogen and oxygen atoms in total. The van der Waals surface area contributed by atoms with Crippen LogP contribution in [0.1, 0.15) is 35.7 Å². The molecule has 0 radical (unpaired) electrons. The molecule has 0 aromatic heterocycles. The van der Waals surface area contributed by atoms with Crippen LogP contribution < -0.4 is 26.6 Å². The van der Waals surface area contributed by atoms with E-state index in [0.717, 1.165) is 25.9 Å². The van der Waals surface area contributed by atoms with Gasteiger partial charge in [0.2, 0.25) is 0 Å².